The number of nitriles is 1. The van der Waals surface area contributed by atoms with Crippen LogP contribution in [0.5, 0.6) is 0 Å². The van der Waals surface area contributed by atoms with Crippen LogP contribution in [0.4, 0.5) is 13.6 Å². The molecule has 0 radical (unpaired) electrons. The molecular formula is C19H25F2N5O4. The number of carbonyl (C=O) groups excluding carboxylic acids is 4. The number of hydrogen-bond donors (Lipinski definition) is 3. The molecule has 0 aromatic carbocycles. The molecule has 0 bridgehead atoms. The second-order valence-corrected chi connectivity index (χ2v) is 8.42. The average molecular weight is 425 g/mol. The van der Waals surface area contributed by atoms with Gasteiger partial charge in [0.2, 0.25) is 23.6 Å². The zero-order chi connectivity index (χ0) is 22.2. The van der Waals surface area contributed by atoms with Gasteiger partial charge in [0, 0.05) is 32.4 Å². The van der Waals surface area contributed by atoms with Crippen molar-refractivity contribution >= 4 is 23.8 Å². The number of nitrogens with zero attached hydrogens (tertiary/aromatic N) is 2. The summed E-state index contributed by atoms with van der Waals surface area (Å²) in [6.45, 7) is 1.60. The van der Waals surface area contributed by atoms with Crippen molar-refractivity contribution in [1.29, 1.82) is 5.26 Å². The highest BCUT2D eigenvalue weighted by Crippen LogP contribution is 2.38. The van der Waals surface area contributed by atoms with Crippen molar-refractivity contribution in [1.82, 2.24) is 20.9 Å². The number of carbonyl (C=O) groups is 4. The molecule has 2 aliphatic heterocycles. The molecule has 30 heavy (non-hydrogen) atoms. The summed E-state index contributed by atoms with van der Waals surface area (Å²) in [5, 5.41) is 16.2. The van der Waals surface area contributed by atoms with Crippen molar-refractivity contribution in [2.24, 2.45) is 5.41 Å². The van der Waals surface area contributed by atoms with Gasteiger partial charge in [-0.3, -0.25) is 19.7 Å². The van der Waals surface area contributed by atoms with Crippen molar-refractivity contribution in [2.45, 2.75) is 69.4 Å². The van der Waals surface area contributed by atoms with Crippen molar-refractivity contribution < 1.29 is 28.0 Å². The molecule has 3 N–H and O–H groups in total. The highest BCUT2D eigenvalue weighted by Gasteiger charge is 2.49. The van der Waals surface area contributed by atoms with E-state index in [-0.39, 0.29) is 44.2 Å². The van der Waals surface area contributed by atoms with Crippen molar-refractivity contribution in [2.75, 3.05) is 13.1 Å². The topological polar surface area (TPSA) is 131 Å². The van der Waals surface area contributed by atoms with Crippen LogP contribution < -0.4 is 16.0 Å². The van der Waals surface area contributed by atoms with Crippen LogP contribution in [-0.4, -0.2) is 59.2 Å². The molecule has 164 valence electrons. The Labute approximate surface area is 172 Å². The van der Waals surface area contributed by atoms with E-state index in [4.69, 9.17) is 5.26 Å². The highest BCUT2D eigenvalue weighted by atomic mass is 19.3. The maximum atomic E-state index is 14.0. The van der Waals surface area contributed by atoms with Gasteiger partial charge in [-0.05, 0) is 25.7 Å². The van der Waals surface area contributed by atoms with Crippen LogP contribution in [0.3, 0.4) is 0 Å². The fraction of sp³-hybridized carbons (Fsp3) is 0.737. The highest BCUT2D eigenvalue weighted by molar-refractivity contribution is 6.06. The Balaban J connectivity index is 1.63. The normalized spacial score (nSPS) is 22.8. The number of rotatable bonds is 6. The van der Waals surface area contributed by atoms with E-state index < -0.39 is 47.7 Å². The summed E-state index contributed by atoms with van der Waals surface area (Å²) in [5.41, 5.74) is -1.87. The SMILES string of the molecule is CCC(F)(F)CC(NC(=O)N1CCC2(CC1)CC(=O)NC2=O)C(=O)NC1(C#N)CC1. The van der Waals surface area contributed by atoms with Crippen LogP contribution in [0.2, 0.25) is 0 Å². The van der Waals surface area contributed by atoms with E-state index in [9.17, 15) is 28.0 Å². The Hall–Kier alpha value is -2.77. The Kier molecular flexibility index (Phi) is 5.71. The predicted molar refractivity (Wildman–Crippen MR) is 98.9 cm³/mol. The molecule has 1 spiro atoms. The van der Waals surface area contributed by atoms with Crippen LogP contribution in [0, 0.1) is 16.7 Å². The molecular weight excluding hydrogens is 400 g/mol. The average Bonchev–Trinajstić information content (AvgIpc) is 3.41. The number of amides is 5. The minimum atomic E-state index is -3.16. The number of nitrogens with one attached hydrogen (secondary N) is 3. The lowest BCUT2D eigenvalue weighted by Gasteiger charge is -2.37. The van der Waals surface area contributed by atoms with Gasteiger partial charge in [0.1, 0.15) is 11.6 Å². The fourth-order valence-corrected chi connectivity index (χ4v) is 3.84. The van der Waals surface area contributed by atoms with Gasteiger partial charge in [0.15, 0.2) is 0 Å². The Bertz CT molecular complexity index is 797. The van der Waals surface area contributed by atoms with Crippen molar-refractivity contribution in [3.63, 3.8) is 0 Å². The number of piperidine rings is 1. The number of hydrogen-bond acceptors (Lipinski definition) is 5. The zero-order valence-electron chi connectivity index (χ0n) is 16.7. The molecule has 1 aliphatic carbocycles. The molecule has 3 rings (SSSR count). The Morgan fingerprint density at radius 1 is 1.27 bits per heavy atom. The quantitative estimate of drug-likeness (QED) is 0.542. The van der Waals surface area contributed by atoms with Crippen LogP contribution in [0.1, 0.15) is 51.9 Å². The lowest BCUT2D eigenvalue weighted by atomic mass is 9.77. The maximum absolute atomic E-state index is 14.0. The van der Waals surface area contributed by atoms with Crippen LogP contribution >= 0.6 is 0 Å². The first-order valence-corrected chi connectivity index (χ1v) is 10.0. The third kappa shape index (κ3) is 4.52. The molecule has 1 atom stereocenters. The van der Waals surface area contributed by atoms with Crippen molar-refractivity contribution in [3.8, 4) is 6.07 Å². The van der Waals surface area contributed by atoms with E-state index in [2.05, 4.69) is 16.0 Å². The van der Waals surface area contributed by atoms with E-state index in [1.807, 2.05) is 6.07 Å². The molecule has 5 amide bonds. The van der Waals surface area contributed by atoms with Gasteiger partial charge in [0.25, 0.3) is 0 Å². The molecule has 2 heterocycles. The van der Waals surface area contributed by atoms with E-state index in [1.54, 1.807) is 0 Å². The van der Waals surface area contributed by atoms with Crippen molar-refractivity contribution in [3.05, 3.63) is 0 Å². The monoisotopic (exact) mass is 425 g/mol. The van der Waals surface area contributed by atoms with E-state index in [1.165, 1.54) is 11.8 Å². The van der Waals surface area contributed by atoms with Gasteiger partial charge in [0.05, 0.1) is 11.5 Å². The lowest BCUT2D eigenvalue weighted by Crippen LogP contribution is -2.56. The standard InChI is InChI=1S/C19H25F2N5O4/c1-2-19(20,21)9-12(14(28)25-18(11-22)3-4-18)23-16(30)26-7-5-17(6-8-26)10-13(27)24-15(17)29/h12H,2-10H2,1H3,(H,23,30)(H,25,28)(H,24,27,29). The summed E-state index contributed by atoms with van der Waals surface area (Å²) < 4.78 is 28.0. The molecule has 1 unspecified atom stereocenters. The molecule has 0 aromatic heterocycles. The first-order chi connectivity index (χ1) is 14.0. The second kappa shape index (κ2) is 7.81. The van der Waals surface area contributed by atoms with Gasteiger partial charge in [-0.25, -0.2) is 13.6 Å². The molecule has 3 fully saturated rings. The number of likely N-dealkylation sites (tertiary alicyclic amines) is 1. The summed E-state index contributed by atoms with van der Waals surface area (Å²) in [5.74, 6) is -4.67. The first kappa shape index (κ1) is 21.9. The summed E-state index contributed by atoms with van der Waals surface area (Å²) in [6, 6.07) is -0.227. The van der Waals surface area contributed by atoms with E-state index in [0.29, 0.717) is 12.8 Å². The molecule has 0 aromatic rings. The number of alkyl halides is 2. The third-order valence-corrected chi connectivity index (χ3v) is 6.20. The minimum absolute atomic E-state index is 0.0747. The zero-order valence-corrected chi connectivity index (χ0v) is 16.7. The van der Waals surface area contributed by atoms with Crippen LogP contribution in [0.15, 0.2) is 0 Å². The number of imide groups is 1. The van der Waals surface area contributed by atoms with Gasteiger partial charge >= 0.3 is 6.03 Å². The summed E-state index contributed by atoms with van der Waals surface area (Å²) in [4.78, 5) is 50.1. The first-order valence-electron chi connectivity index (χ1n) is 10.0. The predicted octanol–water partition coefficient (Wildman–Crippen LogP) is 0.801. The maximum Gasteiger partial charge on any atom is 0.318 e. The van der Waals surface area contributed by atoms with Crippen LogP contribution in [-0.2, 0) is 14.4 Å². The third-order valence-electron chi connectivity index (χ3n) is 6.20. The van der Waals surface area contributed by atoms with Gasteiger partial charge < -0.3 is 15.5 Å². The lowest BCUT2D eigenvalue weighted by molar-refractivity contribution is -0.130. The molecule has 1 saturated carbocycles. The minimum Gasteiger partial charge on any atom is -0.336 e. The summed E-state index contributed by atoms with van der Waals surface area (Å²) in [6.07, 6.45) is 0.132. The van der Waals surface area contributed by atoms with Gasteiger partial charge in [-0.2, -0.15) is 5.26 Å². The summed E-state index contributed by atoms with van der Waals surface area (Å²) in [7, 11) is 0. The fourth-order valence-electron chi connectivity index (χ4n) is 3.84. The molecule has 11 heteroatoms. The second-order valence-electron chi connectivity index (χ2n) is 8.42. The van der Waals surface area contributed by atoms with E-state index >= 15 is 0 Å². The van der Waals surface area contributed by atoms with Gasteiger partial charge in [-0.15, -0.1) is 0 Å². The van der Waals surface area contributed by atoms with Gasteiger partial charge in [-0.1, -0.05) is 6.92 Å². The number of urea groups is 1. The van der Waals surface area contributed by atoms with E-state index in [0.717, 1.165) is 0 Å². The van der Waals surface area contributed by atoms with Crippen LogP contribution in [0.25, 0.3) is 0 Å². The Morgan fingerprint density at radius 2 is 1.90 bits per heavy atom. The molecule has 9 nitrogen and oxygen atoms in total. The smallest absolute Gasteiger partial charge is 0.318 e. The number of halogens is 2. The summed E-state index contributed by atoms with van der Waals surface area (Å²) >= 11 is 0. The molecule has 3 aliphatic rings. The largest absolute Gasteiger partial charge is 0.336 e. The molecule has 2 saturated heterocycles. The Morgan fingerprint density at radius 3 is 2.37 bits per heavy atom.